The number of aromatic amines is 1. The van der Waals surface area contributed by atoms with Crippen LogP contribution in [0.4, 0.5) is 0 Å². The van der Waals surface area contributed by atoms with Gasteiger partial charge in [0.15, 0.2) is 5.65 Å². The van der Waals surface area contributed by atoms with Crippen LogP contribution in [-0.2, 0) is 18.4 Å². The van der Waals surface area contributed by atoms with Crippen molar-refractivity contribution in [3.05, 3.63) is 71.3 Å². The number of rotatable bonds is 5. The van der Waals surface area contributed by atoms with Gasteiger partial charge in [-0.15, -0.1) is 0 Å². The second-order valence-corrected chi connectivity index (χ2v) is 10.4. The zero-order valence-corrected chi connectivity index (χ0v) is 20.7. The highest BCUT2D eigenvalue weighted by atomic mass is 16.2. The lowest BCUT2D eigenvalue weighted by Crippen LogP contribution is -2.32. The normalized spacial score (nSPS) is 17.8. The van der Waals surface area contributed by atoms with Crippen LogP contribution in [0, 0.1) is 11.8 Å². The van der Waals surface area contributed by atoms with E-state index in [0.717, 1.165) is 48.0 Å². The van der Waals surface area contributed by atoms with Gasteiger partial charge in [-0.1, -0.05) is 36.4 Å². The minimum atomic E-state index is -0.0821. The van der Waals surface area contributed by atoms with Crippen LogP contribution in [0.25, 0.3) is 44.5 Å². The standard InChI is InChI=1S/C29H28N6O2/c1-33-27-24(15-31-33)29(37)35(17-18-11-13-34(16-18)28(36)22-7-8-22)26(32-27)21-5-2-19(3-6-21)23-9-4-20-10-12-30-25(20)14-23/h2-6,9-10,12,14-15,18,22,30H,7-8,11,13,16-17H2,1H3. The second-order valence-electron chi connectivity index (χ2n) is 10.4. The first-order valence-corrected chi connectivity index (χ1v) is 12.9. The van der Waals surface area contributed by atoms with Gasteiger partial charge in [-0.3, -0.25) is 18.8 Å². The summed E-state index contributed by atoms with van der Waals surface area (Å²) in [4.78, 5) is 36.4. The molecule has 8 nitrogen and oxygen atoms in total. The van der Waals surface area contributed by atoms with Crippen molar-refractivity contribution in [3.63, 3.8) is 0 Å². The van der Waals surface area contributed by atoms with Gasteiger partial charge in [-0.05, 0) is 53.8 Å². The molecule has 186 valence electrons. The van der Waals surface area contributed by atoms with E-state index in [1.165, 1.54) is 5.39 Å². The van der Waals surface area contributed by atoms with Crippen molar-refractivity contribution in [1.29, 1.82) is 0 Å². The van der Waals surface area contributed by atoms with Crippen molar-refractivity contribution in [2.45, 2.75) is 25.8 Å². The Labute approximate surface area is 213 Å². The SMILES string of the molecule is Cn1ncc2c(=O)n(CC3CCN(C(=O)C4CC4)C3)c(-c3ccc(-c4ccc5cc[nH]c5c4)cc3)nc21. The molecule has 8 heteroatoms. The van der Waals surface area contributed by atoms with Gasteiger partial charge in [0.05, 0.1) is 6.20 Å². The highest BCUT2D eigenvalue weighted by Crippen LogP contribution is 2.33. The fourth-order valence-electron chi connectivity index (χ4n) is 5.57. The molecule has 2 aromatic carbocycles. The molecule has 0 radical (unpaired) electrons. The topological polar surface area (TPSA) is 88.8 Å². The number of hydrogen-bond acceptors (Lipinski definition) is 4. The van der Waals surface area contributed by atoms with E-state index < -0.39 is 0 Å². The number of hydrogen-bond donors (Lipinski definition) is 1. The molecule has 1 N–H and O–H groups in total. The molecular weight excluding hydrogens is 464 g/mol. The van der Waals surface area contributed by atoms with Crippen LogP contribution in [0.3, 0.4) is 0 Å². The van der Waals surface area contributed by atoms with Crippen LogP contribution in [-0.4, -0.2) is 48.2 Å². The number of aryl methyl sites for hydroxylation is 1. The molecule has 1 saturated heterocycles. The quantitative estimate of drug-likeness (QED) is 0.398. The van der Waals surface area contributed by atoms with E-state index in [4.69, 9.17) is 4.98 Å². The number of carbonyl (C=O) groups is 1. The Bertz CT molecular complexity index is 1710. The number of aromatic nitrogens is 5. The Balaban J connectivity index is 1.24. The molecule has 37 heavy (non-hydrogen) atoms. The van der Waals surface area contributed by atoms with E-state index in [1.54, 1.807) is 22.5 Å². The molecule has 1 unspecified atom stereocenters. The van der Waals surface area contributed by atoms with E-state index >= 15 is 0 Å². The summed E-state index contributed by atoms with van der Waals surface area (Å²) in [5.74, 6) is 1.37. The molecule has 1 amide bonds. The molecule has 1 aliphatic carbocycles. The molecular formula is C29H28N6O2. The maximum absolute atomic E-state index is 13.6. The van der Waals surface area contributed by atoms with Crippen LogP contribution in [0.5, 0.6) is 0 Å². The van der Waals surface area contributed by atoms with Crippen LogP contribution < -0.4 is 5.56 Å². The van der Waals surface area contributed by atoms with Gasteiger partial charge in [0, 0.05) is 49.9 Å². The van der Waals surface area contributed by atoms with Crippen LogP contribution in [0.1, 0.15) is 19.3 Å². The summed E-state index contributed by atoms with van der Waals surface area (Å²) in [6.07, 6.45) is 6.47. The van der Waals surface area contributed by atoms with Crippen molar-refractivity contribution < 1.29 is 4.79 Å². The van der Waals surface area contributed by atoms with Crippen molar-refractivity contribution in [2.24, 2.45) is 18.9 Å². The summed E-state index contributed by atoms with van der Waals surface area (Å²) in [5.41, 5.74) is 4.70. The van der Waals surface area contributed by atoms with Gasteiger partial charge in [0.1, 0.15) is 11.2 Å². The summed E-state index contributed by atoms with van der Waals surface area (Å²) in [6.45, 7) is 2.00. The largest absolute Gasteiger partial charge is 0.361 e. The number of benzene rings is 2. The predicted octanol–water partition coefficient (Wildman–Crippen LogP) is 4.20. The Morgan fingerprint density at radius 3 is 2.62 bits per heavy atom. The van der Waals surface area contributed by atoms with Crippen LogP contribution in [0.15, 0.2) is 65.7 Å². The van der Waals surface area contributed by atoms with Gasteiger partial charge in [-0.2, -0.15) is 5.10 Å². The van der Waals surface area contributed by atoms with Gasteiger partial charge < -0.3 is 9.88 Å². The highest BCUT2D eigenvalue weighted by molar-refractivity contribution is 5.85. The van der Waals surface area contributed by atoms with E-state index in [1.807, 2.05) is 23.2 Å². The third-order valence-electron chi connectivity index (χ3n) is 7.85. The molecule has 7 rings (SSSR count). The van der Waals surface area contributed by atoms with Crippen LogP contribution in [0.2, 0.25) is 0 Å². The number of amides is 1. The van der Waals surface area contributed by atoms with Gasteiger partial charge in [-0.25, -0.2) is 4.98 Å². The van der Waals surface area contributed by atoms with Gasteiger partial charge in [0.2, 0.25) is 5.91 Å². The fourth-order valence-corrected chi connectivity index (χ4v) is 5.57. The molecule has 2 fully saturated rings. The number of fused-ring (bicyclic) bond motifs is 2. The smallest absolute Gasteiger partial charge is 0.264 e. The third-order valence-corrected chi connectivity index (χ3v) is 7.85. The highest BCUT2D eigenvalue weighted by Gasteiger charge is 2.37. The zero-order chi connectivity index (χ0) is 25.1. The number of H-pyrrole nitrogens is 1. The summed E-state index contributed by atoms with van der Waals surface area (Å²) >= 11 is 0. The third kappa shape index (κ3) is 3.84. The number of likely N-dealkylation sites (tertiary alicyclic amines) is 1. The first-order valence-electron chi connectivity index (χ1n) is 12.9. The monoisotopic (exact) mass is 492 g/mol. The maximum atomic E-state index is 13.6. The molecule has 4 heterocycles. The Morgan fingerprint density at radius 2 is 1.81 bits per heavy atom. The average molecular weight is 493 g/mol. The van der Waals surface area contributed by atoms with Crippen molar-refractivity contribution in [2.75, 3.05) is 13.1 Å². The summed E-state index contributed by atoms with van der Waals surface area (Å²) in [5, 5.41) is 5.99. The van der Waals surface area contributed by atoms with E-state index in [-0.39, 0.29) is 23.3 Å². The molecule has 0 spiro atoms. The summed E-state index contributed by atoms with van der Waals surface area (Å²) in [6, 6.07) is 16.7. The predicted molar refractivity (Wildman–Crippen MR) is 143 cm³/mol. The van der Waals surface area contributed by atoms with Crippen LogP contribution >= 0.6 is 0 Å². The lowest BCUT2D eigenvalue weighted by molar-refractivity contribution is -0.131. The first kappa shape index (κ1) is 22.0. The molecule has 1 atom stereocenters. The van der Waals surface area contributed by atoms with E-state index in [2.05, 4.69) is 46.5 Å². The minimum absolute atomic E-state index is 0.0821. The summed E-state index contributed by atoms with van der Waals surface area (Å²) in [7, 11) is 1.81. The molecule has 0 bridgehead atoms. The number of nitrogens with one attached hydrogen (secondary N) is 1. The van der Waals surface area contributed by atoms with Crippen molar-refractivity contribution in [3.8, 4) is 22.5 Å². The van der Waals surface area contributed by atoms with Crippen molar-refractivity contribution in [1.82, 2.24) is 29.2 Å². The van der Waals surface area contributed by atoms with E-state index in [9.17, 15) is 9.59 Å². The molecule has 1 aliphatic heterocycles. The fraction of sp³-hybridized carbons (Fsp3) is 0.310. The maximum Gasteiger partial charge on any atom is 0.264 e. The Kier molecular flexibility index (Phi) is 5.02. The Morgan fingerprint density at radius 1 is 1.03 bits per heavy atom. The number of carbonyl (C=O) groups excluding carboxylic acids is 1. The Hall–Kier alpha value is -4.20. The van der Waals surface area contributed by atoms with E-state index in [0.29, 0.717) is 29.9 Å². The lowest BCUT2D eigenvalue weighted by atomic mass is 10.0. The van der Waals surface area contributed by atoms with Crippen molar-refractivity contribution >= 4 is 27.8 Å². The molecule has 2 aliphatic rings. The molecule has 3 aromatic heterocycles. The minimum Gasteiger partial charge on any atom is -0.361 e. The van der Waals surface area contributed by atoms with Gasteiger partial charge in [0.25, 0.3) is 5.56 Å². The summed E-state index contributed by atoms with van der Waals surface area (Å²) < 4.78 is 3.44. The molecule has 5 aromatic rings. The second kappa shape index (κ2) is 8.44. The molecule has 1 saturated carbocycles. The number of nitrogens with zero attached hydrogens (tertiary/aromatic N) is 5. The zero-order valence-electron chi connectivity index (χ0n) is 20.7. The lowest BCUT2D eigenvalue weighted by Gasteiger charge is -2.18. The average Bonchev–Trinajstić information content (AvgIpc) is 3.29. The van der Waals surface area contributed by atoms with Gasteiger partial charge >= 0.3 is 0 Å². The first-order chi connectivity index (χ1) is 18.0.